The number of carbonyl (C=O) groups is 5. The molecule has 0 saturated carbocycles. The minimum Gasteiger partial charge on any atom is -0.337 e. The van der Waals surface area contributed by atoms with E-state index in [4.69, 9.17) is 0 Å². The highest BCUT2D eigenvalue weighted by molar-refractivity contribution is 7.90. The number of H-pyrrole nitrogens is 4. The summed E-state index contributed by atoms with van der Waals surface area (Å²) in [5, 5.41) is 28.7. The fraction of sp³-hybridized carbons (Fsp3) is 0.559. The van der Waals surface area contributed by atoms with Crippen LogP contribution < -0.4 is 0 Å². The van der Waals surface area contributed by atoms with E-state index in [2.05, 4.69) is 66.5 Å². The molecule has 25 nitrogen and oxygen atoms in total. The normalized spacial score (nSPS) is 18.4. The molecule has 0 atom stereocenters. The van der Waals surface area contributed by atoms with Crippen LogP contribution in [-0.2, 0) is 101 Å². The van der Waals surface area contributed by atoms with Crippen LogP contribution in [-0.4, -0.2) is 220 Å². The van der Waals surface area contributed by atoms with Gasteiger partial charge in [-0.05, 0) is 169 Å². The molecule has 0 radical (unpaired) electrons. The van der Waals surface area contributed by atoms with Gasteiger partial charge < -0.3 is 24.5 Å². The number of piperidine rings is 4. The molecular formula is C93H116F12N16O9S2. The number of benzene rings is 4. The van der Waals surface area contributed by atoms with Crippen LogP contribution >= 0.6 is 0 Å². The van der Waals surface area contributed by atoms with E-state index in [1.807, 2.05) is 34.6 Å². The second-order valence-electron chi connectivity index (χ2n) is 38.7. The molecule has 12 heterocycles. The first-order chi connectivity index (χ1) is 61.8. The van der Waals surface area contributed by atoms with Gasteiger partial charge in [-0.1, -0.05) is 107 Å². The number of sulfonamides is 2. The lowest BCUT2D eigenvalue weighted by atomic mass is 9.86. The van der Waals surface area contributed by atoms with E-state index < -0.39 is 77.2 Å². The summed E-state index contributed by atoms with van der Waals surface area (Å²) < 4.78 is 214. The Morgan fingerprint density at radius 1 is 0.356 bits per heavy atom. The number of hydrogen-bond donors (Lipinski definition) is 4. The Balaban J connectivity index is 0.000000150. The Labute approximate surface area is 761 Å². The fourth-order valence-electron chi connectivity index (χ4n) is 19.0. The third kappa shape index (κ3) is 22.3. The number of carbonyl (C=O) groups excluding carboxylic acids is 5. The number of nitrogens with one attached hydrogen (secondary N) is 4. The number of nitrogens with zero attached hydrogens (tertiary/aromatic N) is 12. The quantitative estimate of drug-likeness (QED) is 0.0827. The zero-order valence-corrected chi connectivity index (χ0v) is 77.7. The molecule has 0 unspecified atom stereocenters. The van der Waals surface area contributed by atoms with Gasteiger partial charge in [0.25, 0.3) is 23.6 Å². The van der Waals surface area contributed by atoms with Gasteiger partial charge in [-0.2, -0.15) is 81.7 Å². The van der Waals surface area contributed by atoms with Crippen molar-refractivity contribution in [2.24, 2.45) is 11.3 Å². The molecule has 5 amide bonds. The van der Waals surface area contributed by atoms with E-state index >= 15 is 0 Å². The summed E-state index contributed by atoms with van der Waals surface area (Å²) in [6.07, 6.45) is -11.7. The average molecular weight is 1890 g/mol. The zero-order chi connectivity index (χ0) is 95.9. The second-order valence-corrected chi connectivity index (χ2v) is 43.5. The van der Waals surface area contributed by atoms with Crippen LogP contribution in [0.25, 0.3) is 0 Å². The van der Waals surface area contributed by atoms with Gasteiger partial charge in [0.05, 0.1) is 32.8 Å². The molecule has 0 aliphatic carbocycles. The molecule has 4 fully saturated rings. The first kappa shape index (κ1) is 99.5. The van der Waals surface area contributed by atoms with E-state index in [0.29, 0.717) is 189 Å². The lowest BCUT2D eigenvalue weighted by Crippen LogP contribution is -2.45. The van der Waals surface area contributed by atoms with Crippen LogP contribution in [0.2, 0.25) is 0 Å². The van der Waals surface area contributed by atoms with Crippen molar-refractivity contribution in [2.75, 3.05) is 84.3 Å². The number of halogens is 12. The topological polar surface area (TPSA) is 294 Å². The highest BCUT2D eigenvalue weighted by Crippen LogP contribution is 2.45. The van der Waals surface area contributed by atoms with Gasteiger partial charge in [0.2, 0.25) is 26.0 Å². The van der Waals surface area contributed by atoms with Crippen LogP contribution in [0.4, 0.5) is 52.7 Å². The molecule has 4 N–H and O–H groups in total. The Kier molecular flexibility index (Phi) is 29.5. The van der Waals surface area contributed by atoms with Gasteiger partial charge in [0.15, 0.2) is 22.8 Å². The number of rotatable bonds is 12. The Morgan fingerprint density at radius 2 is 0.621 bits per heavy atom. The number of alkyl halides is 12. The smallest absolute Gasteiger partial charge is 0.337 e. The zero-order valence-electron chi connectivity index (χ0n) is 76.0. The summed E-state index contributed by atoms with van der Waals surface area (Å²) in [5.41, 5.74) is 5.65. The van der Waals surface area contributed by atoms with Crippen LogP contribution in [0.5, 0.6) is 0 Å². The van der Waals surface area contributed by atoms with Gasteiger partial charge in [-0.25, -0.2) is 16.8 Å². The van der Waals surface area contributed by atoms with Gasteiger partial charge in [-0.3, -0.25) is 49.3 Å². The molecule has 132 heavy (non-hydrogen) atoms. The first-order valence-corrected chi connectivity index (χ1v) is 47.9. The Bertz CT molecular complexity index is 5710. The molecule has 16 rings (SSSR count). The van der Waals surface area contributed by atoms with Crippen molar-refractivity contribution in [3.8, 4) is 0 Å². The third-order valence-electron chi connectivity index (χ3n) is 26.4. The predicted octanol–water partition coefficient (Wildman–Crippen LogP) is 16.7. The molecule has 0 bridgehead atoms. The molecular weight excluding hydrogens is 1780 g/mol. The maximum atomic E-state index is 13.4. The number of fused-ring (bicyclic) bond motifs is 4. The van der Waals surface area contributed by atoms with Crippen molar-refractivity contribution in [1.82, 2.24) is 78.8 Å². The van der Waals surface area contributed by atoms with Gasteiger partial charge in [-0.15, -0.1) is 0 Å². The molecule has 0 spiro atoms. The highest BCUT2D eigenvalue weighted by atomic mass is 32.2. The summed E-state index contributed by atoms with van der Waals surface area (Å²) in [5.74, 6) is -1.98. The maximum Gasteiger partial charge on any atom is 0.416 e. The SMILES string of the molecule is CC(C)(C)C(=O)N1CCc2[nH]nc(C(=O)N3CCC(c4ccccc4C(F)(F)F)CC3)c2C1.CC(C)(C)N1CCc2[nH]nc(C(=O)N3CCC(c4ccccc4C(F)(F)F)CC3)c2C1.CC(C)(C)S(=O)(=O)N1CCc2[nH]nc(C(=O)N3CCC(c4ccccc4C(F)(F)F)CC3)c2C1.CC(C)CS(=O)(=O)N1CCc2[nH]nc(C(=O)N3CCC(c4ccccc4C(F)(F)F)CC3)c2C1. The number of likely N-dealkylation sites (tertiary alicyclic amines) is 4. The van der Waals surface area contributed by atoms with Gasteiger partial charge >= 0.3 is 24.7 Å². The van der Waals surface area contributed by atoms with E-state index in [1.54, 1.807) is 75.6 Å². The first-order valence-electron chi connectivity index (χ1n) is 44.9. The average Bonchev–Trinajstić information content (AvgIpc) is 1.43. The van der Waals surface area contributed by atoms with Crippen molar-refractivity contribution in [2.45, 2.75) is 238 Å². The van der Waals surface area contributed by atoms with Gasteiger partial charge in [0.1, 0.15) is 0 Å². The molecule has 4 aromatic heterocycles. The van der Waals surface area contributed by atoms with E-state index in [-0.39, 0.29) is 106 Å². The van der Waals surface area contributed by atoms with Crippen LogP contribution in [0.3, 0.4) is 0 Å². The molecule has 4 aromatic carbocycles. The maximum absolute atomic E-state index is 13.4. The number of amides is 5. The lowest BCUT2D eigenvalue weighted by Gasteiger charge is -2.38. The summed E-state index contributed by atoms with van der Waals surface area (Å²) >= 11 is 0. The number of hydrogen-bond acceptors (Lipinski definition) is 14. The fourth-order valence-corrected chi connectivity index (χ4v) is 22.2. The van der Waals surface area contributed by atoms with Crippen LogP contribution in [0.15, 0.2) is 97.1 Å². The Morgan fingerprint density at radius 3 is 0.902 bits per heavy atom. The second kappa shape index (κ2) is 39.1. The third-order valence-corrected chi connectivity index (χ3v) is 31.1. The van der Waals surface area contributed by atoms with Crippen molar-refractivity contribution in [3.05, 3.63) is 209 Å². The monoisotopic (exact) mass is 1890 g/mol. The summed E-state index contributed by atoms with van der Waals surface area (Å²) in [6.45, 7) is 26.8. The van der Waals surface area contributed by atoms with Crippen molar-refractivity contribution in [3.63, 3.8) is 0 Å². The standard InChI is InChI=1S/C24H29F3N4O2.2C23H29F3N4O3S.C23H29F3N4O/c1-23(2,3)22(33)31-13-10-19-17(14-31)20(29-28-19)21(32)30-11-8-15(9-12-30)16-6-4-5-7-18(16)24(25,26)27;1-22(2,3)34(32,33)30-13-10-19-17(14-30)20(28-27-19)21(31)29-11-8-15(9-12-29)16-6-4-5-7-18(16)23(24,25)26;1-15(2)14-34(32,33)30-12-9-20-18(13-30)21(28-27-20)22(31)29-10-7-16(8-11-29)17-5-3-4-6-19(17)23(24,25)26;1-22(2,3)30-13-10-19-17(14-30)20(28-27-19)21(31)29-11-8-15(9-12-29)16-6-4-5-7-18(16)23(24,25)26/h4-7,15H,8-14H2,1-3H3,(H,28,29);4-7,15H,8-14H2,1-3H3,(H,27,28);3-6,15-16H,7-14H2,1-2H3,(H,27,28);4-7,15H,8-14H2,1-3H3,(H,27,28). The van der Waals surface area contributed by atoms with E-state index in [9.17, 15) is 93.5 Å². The number of aromatic nitrogens is 8. The minimum absolute atomic E-state index is 0.000499. The molecule has 718 valence electrons. The molecule has 8 aliphatic rings. The van der Waals surface area contributed by atoms with Crippen molar-refractivity contribution < 1.29 is 93.5 Å². The highest BCUT2D eigenvalue weighted by Gasteiger charge is 2.46. The predicted molar refractivity (Wildman–Crippen MR) is 470 cm³/mol. The largest absolute Gasteiger partial charge is 0.416 e. The van der Waals surface area contributed by atoms with E-state index in [1.165, 1.54) is 51.1 Å². The van der Waals surface area contributed by atoms with Crippen LogP contribution in [0, 0.1) is 11.3 Å². The minimum atomic E-state index is -4.42. The molecule has 4 saturated heterocycles. The van der Waals surface area contributed by atoms with Crippen LogP contribution in [0.1, 0.15) is 283 Å². The summed E-state index contributed by atoms with van der Waals surface area (Å²) in [6, 6.07) is 22.7. The Hall–Kier alpha value is -9.99. The van der Waals surface area contributed by atoms with Crippen molar-refractivity contribution >= 4 is 49.6 Å². The lowest BCUT2D eigenvalue weighted by molar-refractivity contribution is -0.140. The molecule has 8 aliphatic heterocycles. The van der Waals surface area contributed by atoms with E-state index in [0.717, 1.165) is 71.1 Å². The van der Waals surface area contributed by atoms with Crippen molar-refractivity contribution in [1.29, 1.82) is 0 Å². The number of aromatic amines is 4. The molecule has 39 heteroatoms. The molecule has 8 aromatic rings. The summed E-state index contributed by atoms with van der Waals surface area (Å²) in [4.78, 5) is 76.3. The van der Waals surface area contributed by atoms with Gasteiger partial charge in [0, 0.05) is 186 Å². The summed E-state index contributed by atoms with van der Waals surface area (Å²) in [7, 11) is -7.02.